The lowest BCUT2D eigenvalue weighted by Gasteiger charge is -2.19. The highest BCUT2D eigenvalue weighted by Gasteiger charge is 2.21. The number of hydrogen-bond acceptors (Lipinski definition) is 4. The van der Waals surface area contributed by atoms with Gasteiger partial charge in [-0.25, -0.2) is 17.2 Å². The molecule has 0 aliphatic heterocycles. The van der Waals surface area contributed by atoms with Crippen molar-refractivity contribution in [3.8, 4) is 0 Å². The second kappa shape index (κ2) is 7.45. The normalized spacial score (nSPS) is 11.5. The summed E-state index contributed by atoms with van der Waals surface area (Å²) < 4.78 is 50.9. The standard InChI is InChI=1S/C15H15F2N3O3S/c1-24(22,23)20(9-12-4-2-3-7-18-12)10-15(21)19-14-6-5-11(16)8-13(14)17/h2-8H,9-10H2,1H3,(H,19,21). The second-order valence-electron chi connectivity index (χ2n) is 5.02. The predicted octanol–water partition coefficient (Wildman–Crippen LogP) is 1.76. The molecule has 0 aliphatic rings. The van der Waals surface area contributed by atoms with Crippen LogP contribution in [0.4, 0.5) is 14.5 Å². The van der Waals surface area contributed by atoms with Crippen molar-refractivity contribution in [2.24, 2.45) is 0 Å². The molecule has 0 fully saturated rings. The van der Waals surface area contributed by atoms with Crippen molar-refractivity contribution in [2.45, 2.75) is 6.54 Å². The van der Waals surface area contributed by atoms with Gasteiger partial charge >= 0.3 is 0 Å². The predicted molar refractivity (Wildman–Crippen MR) is 84.5 cm³/mol. The van der Waals surface area contributed by atoms with Crippen LogP contribution in [0.25, 0.3) is 0 Å². The van der Waals surface area contributed by atoms with Crippen LogP contribution in [0.2, 0.25) is 0 Å². The fraction of sp³-hybridized carbons (Fsp3) is 0.200. The van der Waals surface area contributed by atoms with Gasteiger partial charge in [0.1, 0.15) is 11.6 Å². The van der Waals surface area contributed by atoms with E-state index in [4.69, 9.17) is 0 Å². The number of nitrogens with one attached hydrogen (secondary N) is 1. The minimum Gasteiger partial charge on any atom is -0.322 e. The van der Waals surface area contributed by atoms with E-state index in [0.717, 1.165) is 22.7 Å². The smallest absolute Gasteiger partial charge is 0.239 e. The molecule has 0 saturated heterocycles. The van der Waals surface area contributed by atoms with Crippen LogP contribution in [0.1, 0.15) is 5.69 Å². The summed E-state index contributed by atoms with van der Waals surface area (Å²) in [5.41, 5.74) is 0.233. The molecule has 0 saturated carbocycles. The zero-order valence-corrected chi connectivity index (χ0v) is 13.6. The van der Waals surface area contributed by atoms with Gasteiger partial charge in [0.05, 0.1) is 30.7 Å². The molecule has 1 aromatic heterocycles. The molecular formula is C15H15F2N3O3S. The molecule has 0 bridgehead atoms. The third-order valence-corrected chi connectivity index (χ3v) is 4.25. The lowest BCUT2D eigenvalue weighted by molar-refractivity contribution is -0.116. The van der Waals surface area contributed by atoms with Crippen molar-refractivity contribution in [3.05, 3.63) is 59.9 Å². The van der Waals surface area contributed by atoms with E-state index in [2.05, 4.69) is 10.3 Å². The average molecular weight is 355 g/mol. The number of carbonyl (C=O) groups excluding carboxylic acids is 1. The number of amides is 1. The quantitative estimate of drug-likeness (QED) is 0.856. The Kier molecular flexibility index (Phi) is 5.58. The Morgan fingerprint density at radius 2 is 2.00 bits per heavy atom. The maximum atomic E-state index is 13.5. The Bertz CT molecular complexity index is 829. The van der Waals surface area contributed by atoms with Crippen molar-refractivity contribution in [1.82, 2.24) is 9.29 Å². The van der Waals surface area contributed by atoms with Crippen molar-refractivity contribution in [1.29, 1.82) is 0 Å². The number of anilines is 1. The van der Waals surface area contributed by atoms with Gasteiger partial charge in [0.25, 0.3) is 0 Å². The number of carbonyl (C=O) groups is 1. The van der Waals surface area contributed by atoms with E-state index < -0.39 is 34.1 Å². The van der Waals surface area contributed by atoms with Gasteiger partial charge in [0.2, 0.25) is 15.9 Å². The molecule has 9 heteroatoms. The Morgan fingerprint density at radius 3 is 2.58 bits per heavy atom. The molecule has 2 rings (SSSR count). The number of sulfonamides is 1. The van der Waals surface area contributed by atoms with Crippen LogP contribution in [-0.4, -0.2) is 36.4 Å². The van der Waals surface area contributed by atoms with Gasteiger partial charge in [0, 0.05) is 12.3 Å². The number of pyridine rings is 1. The fourth-order valence-electron chi connectivity index (χ4n) is 1.90. The van der Waals surface area contributed by atoms with E-state index in [1.54, 1.807) is 18.2 Å². The van der Waals surface area contributed by atoms with Crippen LogP contribution >= 0.6 is 0 Å². The fourth-order valence-corrected chi connectivity index (χ4v) is 2.62. The minimum atomic E-state index is -3.69. The largest absolute Gasteiger partial charge is 0.322 e. The van der Waals surface area contributed by atoms with Crippen LogP contribution in [-0.2, 0) is 21.4 Å². The lowest BCUT2D eigenvalue weighted by Crippen LogP contribution is -2.37. The Balaban J connectivity index is 2.10. The zero-order chi connectivity index (χ0) is 17.7. The Labute approximate surface area is 138 Å². The molecule has 6 nitrogen and oxygen atoms in total. The highest BCUT2D eigenvalue weighted by molar-refractivity contribution is 7.88. The summed E-state index contributed by atoms with van der Waals surface area (Å²) in [6.07, 6.45) is 2.46. The van der Waals surface area contributed by atoms with Crippen molar-refractivity contribution < 1.29 is 22.0 Å². The van der Waals surface area contributed by atoms with E-state index in [-0.39, 0.29) is 12.2 Å². The number of aromatic nitrogens is 1. The molecular weight excluding hydrogens is 340 g/mol. The van der Waals surface area contributed by atoms with Crippen LogP contribution < -0.4 is 5.32 Å². The number of rotatable bonds is 6. The molecule has 1 aromatic carbocycles. The first-order chi connectivity index (χ1) is 11.3. The third kappa shape index (κ3) is 5.07. The highest BCUT2D eigenvalue weighted by atomic mass is 32.2. The molecule has 0 atom stereocenters. The first-order valence-electron chi connectivity index (χ1n) is 6.85. The highest BCUT2D eigenvalue weighted by Crippen LogP contribution is 2.15. The number of halogens is 2. The first kappa shape index (κ1) is 18.0. The average Bonchev–Trinajstić information content (AvgIpc) is 2.49. The van der Waals surface area contributed by atoms with E-state index in [9.17, 15) is 22.0 Å². The maximum absolute atomic E-state index is 13.5. The van der Waals surface area contributed by atoms with E-state index in [0.29, 0.717) is 11.8 Å². The summed E-state index contributed by atoms with van der Waals surface area (Å²) in [5.74, 6) is -2.47. The van der Waals surface area contributed by atoms with Gasteiger partial charge < -0.3 is 5.32 Å². The third-order valence-electron chi connectivity index (χ3n) is 3.06. The van der Waals surface area contributed by atoms with Gasteiger partial charge in [-0.2, -0.15) is 4.31 Å². The van der Waals surface area contributed by atoms with Gasteiger partial charge in [-0.15, -0.1) is 0 Å². The minimum absolute atomic E-state index is 0.0982. The molecule has 128 valence electrons. The zero-order valence-electron chi connectivity index (χ0n) is 12.7. The van der Waals surface area contributed by atoms with Crippen molar-refractivity contribution in [3.63, 3.8) is 0 Å². The number of hydrogen-bond donors (Lipinski definition) is 1. The second-order valence-corrected chi connectivity index (χ2v) is 7.01. The molecule has 0 aliphatic carbocycles. The molecule has 1 heterocycles. The van der Waals surface area contributed by atoms with Crippen molar-refractivity contribution in [2.75, 3.05) is 18.1 Å². The summed E-state index contributed by atoms with van der Waals surface area (Å²) in [6.45, 7) is -0.620. The molecule has 0 radical (unpaired) electrons. The van der Waals surface area contributed by atoms with Crippen LogP contribution in [0.5, 0.6) is 0 Å². The SMILES string of the molecule is CS(=O)(=O)N(CC(=O)Nc1ccc(F)cc1F)Cc1ccccn1. The molecule has 1 amide bonds. The summed E-state index contributed by atoms with van der Waals surface area (Å²) in [4.78, 5) is 16.0. The summed E-state index contributed by atoms with van der Waals surface area (Å²) in [7, 11) is -3.69. The van der Waals surface area contributed by atoms with Gasteiger partial charge in [-0.3, -0.25) is 9.78 Å². The van der Waals surface area contributed by atoms with E-state index in [1.165, 1.54) is 6.20 Å². The number of nitrogens with zero attached hydrogens (tertiary/aromatic N) is 2. The van der Waals surface area contributed by atoms with Crippen LogP contribution in [0.15, 0.2) is 42.6 Å². The van der Waals surface area contributed by atoms with Crippen LogP contribution in [0.3, 0.4) is 0 Å². The van der Waals surface area contributed by atoms with Crippen molar-refractivity contribution >= 4 is 21.6 Å². The summed E-state index contributed by atoms with van der Waals surface area (Å²) in [6, 6.07) is 7.66. The monoisotopic (exact) mass is 355 g/mol. The van der Waals surface area contributed by atoms with E-state index >= 15 is 0 Å². The maximum Gasteiger partial charge on any atom is 0.239 e. The molecule has 0 spiro atoms. The molecule has 1 N–H and O–H groups in total. The van der Waals surface area contributed by atoms with Gasteiger partial charge in [-0.1, -0.05) is 6.07 Å². The Morgan fingerprint density at radius 1 is 1.25 bits per heavy atom. The number of benzene rings is 1. The molecule has 0 unspecified atom stereocenters. The Hall–Kier alpha value is -2.39. The first-order valence-corrected chi connectivity index (χ1v) is 8.70. The lowest BCUT2D eigenvalue weighted by atomic mass is 10.3. The topological polar surface area (TPSA) is 79.4 Å². The summed E-state index contributed by atoms with van der Waals surface area (Å²) in [5, 5.41) is 2.22. The molecule has 24 heavy (non-hydrogen) atoms. The van der Waals surface area contributed by atoms with Crippen LogP contribution in [0, 0.1) is 11.6 Å². The summed E-state index contributed by atoms with van der Waals surface area (Å²) >= 11 is 0. The molecule has 2 aromatic rings. The van der Waals surface area contributed by atoms with Gasteiger partial charge in [0.15, 0.2) is 0 Å². The van der Waals surface area contributed by atoms with E-state index in [1.807, 2.05) is 0 Å². The van der Waals surface area contributed by atoms with Gasteiger partial charge in [-0.05, 0) is 24.3 Å².